The summed E-state index contributed by atoms with van der Waals surface area (Å²) >= 11 is 0. The molecular formula is C21H26N4O4. The number of aromatic nitrogens is 2. The van der Waals surface area contributed by atoms with Crippen LogP contribution in [-0.4, -0.2) is 55.4 Å². The van der Waals surface area contributed by atoms with Crippen molar-refractivity contribution in [3.8, 4) is 0 Å². The third-order valence-corrected chi connectivity index (χ3v) is 5.33. The van der Waals surface area contributed by atoms with Crippen molar-refractivity contribution < 1.29 is 14.3 Å². The average molecular weight is 398 g/mol. The van der Waals surface area contributed by atoms with E-state index < -0.39 is 0 Å². The van der Waals surface area contributed by atoms with E-state index >= 15 is 0 Å². The number of nitrogens with zero attached hydrogens (tertiary/aromatic N) is 4. The molecule has 2 aromatic rings. The van der Waals surface area contributed by atoms with E-state index in [9.17, 15) is 9.59 Å². The fraction of sp³-hybridized carbons (Fsp3) is 0.476. The Balaban J connectivity index is 1.66. The lowest BCUT2D eigenvalue weighted by Crippen LogP contribution is -2.44. The van der Waals surface area contributed by atoms with Gasteiger partial charge in [0.15, 0.2) is 0 Å². The molecule has 0 saturated carbocycles. The van der Waals surface area contributed by atoms with E-state index in [1.807, 2.05) is 23.1 Å². The molecule has 0 radical (unpaired) electrons. The maximum Gasteiger partial charge on any atom is 0.255 e. The van der Waals surface area contributed by atoms with Crippen molar-refractivity contribution in [2.75, 3.05) is 49.8 Å². The van der Waals surface area contributed by atoms with Crippen LogP contribution < -0.4 is 15.4 Å². The number of benzene rings is 1. The van der Waals surface area contributed by atoms with Crippen molar-refractivity contribution in [3.63, 3.8) is 0 Å². The van der Waals surface area contributed by atoms with Crippen LogP contribution >= 0.6 is 0 Å². The van der Waals surface area contributed by atoms with Gasteiger partial charge in [0.05, 0.1) is 25.5 Å². The van der Waals surface area contributed by atoms with E-state index in [1.54, 1.807) is 12.0 Å². The number of rotatable bonds is 5. The molecule has 1 saturated heterocycles. The van der Waals surface area contributed by atoms with Crippen molar-refractivity contribution in [1.82, 2.24) is 9.55 Å². The molecule has 154 valence electrons. The number of para-hydroxylation sites is 1. The molecule has 0 aliphatic carbocycles. The molecular weight excluding hydrogens is 372 g/mol. The molecule has 8 nitrogen and oxygen atoms in total. The maximum absolute atomic E-state index is 13.2. The Morgan fingerprint density at radius 1 is 1.21 bits per heavy atom. The monoisotopic (exact) mass is 398 g/mol. The zero-order valence-electron chi connectivity index (χ0n) is 16.7. The number of morpholine rings is 1. The van der Waals surface area contributed by atoms with Gasteiger partial charge in [-0.25, -0.2) is 4.98 Å². The van der Waals surface area contributed by atoms with Crippen LogP contribution in [0.2, 0.25) is 0 Å². The van der Waals surface area contributed by atoms with Crippen LogP contribution in [0, 0.1) is 0 Å². The molecule has 2 aliphatic rings. The van der Waals surface area contributed by atoms with Crippen LogP contribution in [0.15, 0.2) is 35.1 Å². The summed E-state index contributed by atoms with van der Waals surface area (Å²) in [4.78, 5) is 34.5. The summed E-state index contributed by atoms with van der Waals surface area (Å²) in [6.45, 7) is 3.26. The Bertz CT molecular complexity index is 937. The zero-order valence-corrected chi connectivity index (χ0v) is 16.7. The molecule has 0 spiro atoms. The number of amides is 1. The number of carbonyl (C=O) groups is 1. The minimum atomic E-state index is -0.243. The first-order valence-corrected chi connectivity index (χ1v) is 9.98. The van der Waals surface area contributed by atoms with E-state index in [1.165, 1.54) is 16.2 Å². The van der Waals surface area contributed by atoms with Gasteiger partial charge >= 0.3 is 0 Å². The highest BCUT2D eigenvalue weighted by molar-refractivity contribution is 5.94. The van der Waals surface area contributed by atoms with E-state index in [4.69, 9.17) is 9.47 Å². The highest BCUT2D eigenvalue weighted by atomic mass is 16.5. The van der Waals surface area contributed by atoms with Crippen LogP contribution in [0.5, 0.6) is 0 Å². The number of carbonyl (C=O) groups excluding carboxylic acids is 1. The number of hydrogen-bond donors (Lipinski definition) is 0. The van der Waals surface area contributed by atoms with Crippen LogP contribution in [0.25, 0.3) is 0 Å². The Labute approximate surface area is 169 Å². The van der Waals surface area contributed by atoms with Gasteiger partial charge in [-0.3, -0.25) is 14.2 Å². The summed E-state index contributed by atoms with van der Waals surface area (Å²) in [5.41, 5.74) is 2.42. The zero-order chi connectivity index (χ0) is 20.2. The Hall–Kier alpha value is -2.71. The quantitative estimate of drug-likeness (QED) is 0.754. The average Bonchev–Trinajstić information content (AvgIpc) is 2.75. The van der Waals surface area contributed by atoms with Gasteiger partial charge in [0, 0.05) is 38.5 Å². The third-order valence-electron chi connectivity index (χ3n) is 5.33. The van der Waals surface area contributed by atoms with E-state index in [2.05, 4.69) is 11.1 Å². The molecule has 0 atom stereocenters. The van der Waals surface area contributed by atoms with E-state index in [0.29, 0.717) is 44.5 Å². The number of hydrogen-bond acceptors (Lipinski definition) is 6. The lowest BCUT2D eigenvalue weighted by molar-refractivity contribution is -0.119. The van der Waals surface area contributed by atoms with Crippen LogP contribution in [0.4, 0.5) is 11.6 Å². The molecule has 3 heterocycles. The second kappa shape index (κ2) is 8.75. The number of aryl methyl sites for hydroxylation is 1. The minimum Gasteiger partial charge on any atom is -0.378 e. The standard InChI is InChI=1S/C21H26N4O4/c1-28-15-17-13-19(26)25(21(22-17)23-9-11-29-12-10-23)14-20(27)24-8-4-6-16-5-2-3-7-18(16)24/h2-3,5,7,13H,4,6,8-12,14-15H2,1H3. The second-order valence-corrected chi connectivity index (χ2v) is 7.28. The lowest BCUT2D eigenvalue weighted by Gasteiger charge is -2.32. The van der Waals surface area contributed by atoms with E-state index in [-0.39, 0.29) is 24.6 Å². The van der Waals surface area contributed by atoms with Crippen molar-refractivity contribution in [3.05, 3.63) is 51.9 Å². The van der Waals surface area contributed by atoms with Crippen molar-refractivity contribution in [1.29, 1.82) is 0 Å². The SMILES string of the molecule is COCc1cc(=O)n(CC(=O)N2CCCc3ccccc32)c(N2CCOCC2)n1. The molecule has 1 aromatic carbocycles. The first-order valence-electron chi connectivity index (χ1n) is 9.98. The summed E-state index contributed by atoms with van der Waals surface area (Å²) in [6, 6.07) is 9.41. The molecule has 1 fully saturated rings. The predicted octanol–water partition coefficient (Wildman–Crippen LogP) is 1.21. The van der Waals surface area contributed by atoms with Gasteiger partial charge in [-0.1, -0.05) is 18.2 Å². The van der Waals surface area contributed by atoms with Crippen LogP contribution in [-0.2, 0) is 33.8 Å². The molecule has 0 N–H and O–H groups in total. The maximum atomic E-state index is 13.2. The summed E-state index contributed by atoms with van der Waals surface area (Å²) in [5, 5.41) is 0. The molecule has 8 heteroatoms. The van der Waals surface area contributed by atoms with Gasteiger partial charge in [0.1, 0.15) is 6.54 Å². The predicted molar refractivity (Wildman–Crippen MR) is 109 cm³/mol. The van der Waals surface area contributed by atoms with Gasteiger partial charge in [0.2, 0.25) is 11.9 Å². The number of methoxy groups -OCH3 is 1. The first kappa shape index (κ1) is 19.6. The summed E-state index contributed by atoms with van der Waals surface area (Å²) < 4.78 is 12.1. The molecule has 2 aliphatic heterocycles. The van der Waals surface area contributed by atoms with Crippen LogP contribution in [0.3, 0.4) is 0 Å². The second-order valence-electron chi connectivity index (χ2n) is 7.28. The molecule has 29 heavy (non-hydrogen) atoms. The highest BCUT2D eigenvalue weighted by Crippen LogP contribution is 2.27. The van der Waals surface area contributed by atoms with Gasteiger partial charge in [-0.05, 0) is 24.5 Å². The molecule has 0 bridgehead atoms. The number of ether oxygens (including phenoxy) is 2. The molecule has 4 rings (SSSR count). The smallest absolute Gasteiger partial charge is 0.255 e. The summed E-state index contributed by atoms with van der Waals surface area (Å²) in [7, 11) is 1.57. The molecule has 0 unspecified atom stereocenters. The summed E-state index contributed by atoms with van der Waals surface area (Å²) in [6.07, 6.45) is 1.88. The van der Waals surface area contributed by atoms with Gasteiger partial charge in [-0.2, -0.15) is 0 Å². The normalized spacial score (nSPS) is 16.6. The number of fused-ring (bicyclic) bond motifs is 1. The topological polar surface area (TPSA) is 76.9 Å². The minimum absolute atomic E-state index is 0.0415. The van der Waals surface area contributed by atoms with Crippen molar-refractivity contribution >= 4 is 17.5 Å². The van der Waals surface area contributed by atoms with Gasteiger partial charge in [-0.15, -0.1) is 0 Å². The Morgan fingerprint density at radius 2 is 2.00 bits per heavy atom. The first-order chi connectivity index (χ1) is 14.2. The van der Waals surface area contributed by atoms with Gasteiger partial charge < -0.3 is 19.3 Å². The molecule has 1 aromatic heterocycles. The van der Waals surface area contributed by atoms with E-state index in [0.717, 1.165) is 18.5 Å². The lowest BCUT2D eigenvalue weighted by atomic mass is 10.0. The van der Waals surface area contributed by atoms with Gasteiger partial charge in [0.25, 0.3) is 5.56 Å². The fourth-order valence-electron chi connectivity index (χ4n) is 3.93. The molecule has 1 amide bonds. The van der Waals surface area contributed by atoms with Crippen molar-refractivity contribution in [2.24, 2.45) is 0 Å². The van der Waals surface area contributed by atoms with Crippen molar-refractivity contribution in [2.45, 2.75) is 26.0 Å². The largest absolute Gasteiger partial charge is 0.378 e. The third kappa shape index (κ3) is 4.18. The van der Waals surface area contributed by atoms with Crippen LogP contribution in [0.1, 0.15) is 17.7 Å². The number of anilines is 2. The Kier molecular flexibility index (Phi) is 5.92. The summed E-state index contributed by atoms with van der Waals surface area (Å²) in [5.74, 6) is 0.404. The fourth-order valence-corrected chi connectivity index (χ4v) is 3.93. The highest BCUT2D eigenvalue weighted by Gasteiger charge is 2.25. The Morgan fingerprint density at radius 3 is 2.79 bits per heavy atom.